The molecule has 1 N–H and O–H groups in total. The highest BCUT2D eigenvalue weighted by Crippen LogP contribution is 2.26. The molecule has 3 nitrogen and oxygen atoms in total. The van der Waals surface area contributed by atoms with Crippen molar-refractivity contribution in [3.63, 3.8) is 0 Å². The lowest BCUT2D eigenvalue weighted by molar-refractivity contribution is 0.0943. The van der Waals surface area contributed by atoms with Gasteiger partial charge in [-0.1, -0.05) is 37.8 Å². The number of anilines is 1. The maximum atomic E-state index is 5.83. The maximum Gasteiger partial charge on any atom is 0.118 e. The van der Waals surface area contributed by atoms with Crippen LogP contribution in [0.4, 0.5) is 5.69 Å². The summed E-state index contributed by atoms with van der Waals surface area (Å²) in [5.41, 5.74) is 4.38. The third-order valence-electron chi connectivity index (χ3n) is 4.88. The number of hydrogen-bond donors (Lipinski definition) is 1. The van der Waals surface area contributed by atoms with E-state index in [1.54, 1.807) is 7.11 Å². The number of hydrogen-bond acceptors (Lipinski definition) is 3. The van der Waals surface area contributed by atoms with Gasteiger partial charge in [0.2, 0.25) is 0 Å². The van der Waals surface area contributed by atoms with Crippen molar-refractivity contribution in [2.45, 2.75) is 38.3 Å². The molecule has 1 saturated heterocycles. The number of nitrogens with one attached hydrogen (secondary N) is 1. The average molecular weight is 337 g/mol. The van der Waals surface area contributed by atoms with Crippen molar-refractivity contribution >= 4 is 11.3 Å². The molecular formula is C22H27NO2. The first kappa shape index (κ1) is 17.6. The van der Waals surface area contributed by atoms with Crippen LogP contribution >= 0.6 is 0 Å². The molecule has 25 heavy (non-hydrogen) atoms. The molecule has 1 fully saturated rings. The summed E-state index contributed by atoms with van der Waals surface area (Å²) in [6.45, 7) is 7.34. The second kappa shape index (κ2) is 8.21. The number of methoxy groups -OCH3 is 1. The van der Waals surface area contributed by atoms with Gasteiger partial charge in [0, 0.05) is 12.3 Å². The standard InChI is InChI=1S/C22H27NO2/c1-4-21(22-6-5-15-25-22)23-19-11-7-17(8-12-19)16(2)18-9-13-20(24-3)14-10-18/h7-14,21-23H,2,4-6,15H2,1,3H3. The SMILES string of the molecule is C=C(c1ccc(NC(CC)C2CCCO2)cc1)c1ccc(OC)cc1. The summed E-state index contributed by atoms with van der Waals surface area (Å²) in [5.74, 6) is 0.857. The van der Waals surface area contributed by atoms with E-state index >= 15 is 0 Å². The molecule has 0 radical (unpaired) electrons. The third kappa shape index (κ3) is 4.23. The van der Waals surface area contributed by atoms with Crippen LogP contribution < -0.4 is 10.1 Å². The van der Waals surface area contributed by atoms with E-state index in [9.17, 15) is 0 Å². The second-order valence-electron chi connectivity index (χ2n) is 6.49. The molecule has 2 aromatic carbocycles. The van der Waals surface area contributed by atoms with Crippen molar-refractivity contribution in [1.29, 1.82) is 0 Å². The fourth-order valence-electron chi connectivity index (χ4n) is 3.32. The zero-order valence-corrected chi connectivity index (χ0v) is 15.1. The average Bonchev–Trinajstić information content (AvgIpc) is 3.20. The Hall–Kier alpha value is -2.26. The molecule has 0 bridgehead atoms. The summed E-state index contributed by atoms with van der Waals surface area (Å²) in [7, 11) is 1.68. The quantitative estimate of drug-likeness (QED) is 0.760. The summed E-state index contributed by atoms with van der Waals surface area (Å²) in [4.78, 5) is 0. The molecule has 1 aliphatic heterocycles. The van der Waals surface area contributed by atoms with Crippen LogP contribution in [0.5, 0.6) is 5.75 Å². The van der Waals surface area contributed by atoms with E-state index in [0.717, 1.165) is 47.6 Å². The number of ether oxygens (including phenoxy) is 2. The van der Waals surface area contributed by atoms with E-state index in [-0.39, 0.29) is 0 Å². The van der Waals surface area contributed by atoms with Gasteiger partial charge in [0.05, 0.1) is 19.3 Å². The van der Waals surface area contributed by atoms with E-state index < -0.39 is 0 Å². The Balaban J connectivity index is 1.67. The van der Waals surface area contributed by atoms with E-state index in [1.807, 2.05) is 24.3 Å². The first-order valence-electron chi connectivity index (χ1n) is 9.03. The number of rotatable bonds is 7. The van der Waals surface area contributed by atoms with Crippen molar-refractivity contribution in [3.05, 3.63) is 66.2 Å². The minimum atomic E-state index is 0.332. The normalized spacial score (nSPS) is 17.9. The highest BCUT2D eigenvalue weighted by atomic mass is 16.5. The molecule has 0 saturated carbocycles. The molecule has 0 aliphatic carbocycles. The Morgan fingerprint density at radius 3 is 2.32 bits per heavy atom. The van der Waals surface area contributed by atoms with Gasteiger partial charge in [-0.2, -0.15) is 0 Å². The summed E-state index contributed by atoms with van der Waals surface area (Å²) in [6.07, 6.45) is 3.71. The lowest BCUT2D eigenvalue weighted by Crippen LogP contribution is -2.32. The molecule has 1 heterocycles. The van der Waals surface area contributed by atoms with Crippen molar-refractivity contribution in [3.8, 4) is 5.75 Å². The van der Waals surface area contributed by atoms with Crippen LogP contribution in [-0.2, 0) is 4.74 Å². The zero-order valence-electron chi connectivity index (χ0n) is 15.1. The Kier molecular flexibility index (Phi) is 5.77. The van der Waals surface area contributed by atoms with Crippen molar-refractivity contribution in [2.24, 2.45) is 0 Å². The van der Waals surface area contributed by atoms with Crippen LogP contribution in [0.3, 0.4) is 0 Å². The smallest absolute Gasteiger partial charge is 0.118 e. The van der Waals surface area contributed by atoms with E-state index in [1.165, 1.54) is 6.42 Å². The van der Waals surface area contributed by atoms with Crippen LogP contribution in [0.25, 0.3) is 5.57 Å². The van der Waals surface area contributed by atoms with Gasteiger partial charge in [0.15, 0.2) is 0 Å². The van der Waals surface area contributed by atoms with Crippen LogP contribution in [0, 0.1) is 0 Å². The Morgan fingerprint density at radius 2 is 1.80 bits per heavy atom. The van der Waals surface area contributed by atoms with Crippen molar-refractivity contribution in [2.75, 3.05) is 19.0 Å². The summed E-state index contributed by atoms with van der Waals surface area (Å²) in [6, 6.07) is 16.9. The van der Waals surface area contributed by atoms with Crippen LogP contribution in [0.1, 0.15) is 37.3 Å². The van der Waals surface area contributed by atoms with Gasteiger partial charge in [-0.15, -0.1) is 0 Å². The fraction of sp³-hybridized carbons (Fsp3) is 0.364. The third-order valence-corrected chi connectivity index (χ3v) is 4.88. The van der Waals surface area contributed by atoms with Gasteiger partial charge >= 0.3 is 0 Å². The van der Waals surface area contributed by atoms with Gasteiger partial charge in [0.25, 0.3) is 0 Å². The monoisotopic (exact) mass is 337 g/mol. The first-order valence-corrected chi connectivity index (χ1v) is 9.03. The Bertz CT molecular complexity index is 685. The van der Waals surface area contributed by atoms with Gasteiger partial charge in [0.1, 0.15) is 5.75 Å². The molecule has 2 aromatic rings. The van der Waals surface area contributed by atoms with Crippen LogP contribution in [0.2, 0.25) is 0 Å². The lowest BCUT2D eigenvalue weighted by Gasteiger charge is -2.24. The fourth-order valence-corrected chi connectivity index (χ4v) is 3.32. The summed E-state index contributed by atoms with van der Waals surface area (Å²) in [5, 5.41) is 3.62. The molecule has 1 aliphatic rings. The van der Waals surface area contributed by atoms with Crippen LogP contribution in [0.15, 0.2) is 55.1 Å². The highest BCUT2D eigenvalue weighted by molar-refractivity contribution is 5.78. The molecule has 3 rings (SSSR count). The first-order chi connectivity index (χ1) is 12.2. The van der Waals surface area contributed by atoms with Gasteiger partial charge < -0.3 is 14.8 Å². The van der Waals surface area contributed by atoms with Crippen molar-refractivity contribution in [1.82, 2.24) is 0 Å². The molecule has 2 atom stereocenters. The molecule has 0 amide bonds. The molecule has 0 aromatic heterocycles. The minimum Gasteiger partial charge on any atom is -0.497 e. The van der Waals surface area contributed by atoms with Gasteiger partial charge in [-0.05, 0) is 60.2 Å². The maximum absolute atomic E-state index is 5.83. The second-order valence-corrected chi connectivity index (χ2v) is 6.49. The van der Waals surface area contributed by atoms with E-state index in [4.69, 9.17) is 9.47 Å². The lowest BCUT2D eigenvalue weighted by atomic mass is 9.99. The highest BCUT2D eigenvalue weighted by Gasteiger charge is 2.24. The van der Waals surface area contributed by atoms with E-state index in [0.29, 0.717) is 12.1 Å². The Labute approximate surface area is 150 Å². The zero-order chi connectivity index (χ0) is 17.6. The number of benzene rings is 2. The molecule has 2 unspecified atom stereocenters. The molecule has 132 valence electrons. The summed E-state index contributed by atoms with van der Waals surface area (Å²) >= 11 is 0. The van der Waals surface area contributed by atoms with Crippen molar-refractivity contribution < 1.29 is 9.47 Å². The van der Waals surface area contributed by atoms with Gasteiger partial charge in [-0.3, -0.25) is 0 Å². The largest absolute Gasteiger partial charge is 0.497 e. The molecular weight excluding hydrogens is 310 g/mol. The summed E-state index contributed by atoms with van der Waals surface area (Å²) < 4.78 is 11.0. The minimum absolute atomic E-state index is 0.332. The van der Waals surface area contributed by atoms with Gasteiger partial charge in [-0.25, -0.2) is 0 Å². The van der Waals surface area contributed by atoms with Crippen LogP contribution in [-0.4, -0.2) is 25.9 Å². The predicted molar refractivity (Wildman–Crippen MR) is 104 cm³/mol. The van der Waals surface area contributed by atoms with E-state index in [2.05, 4.69) is 43.1 Å². The molecule has 0 spiro atoms. The predicted octanol–water partition coefficient (Wildman–Crippen LogP) is 5.13. The topological polar surface area (TPSA) is 30.5 Å². The molecule has 3 heteroatoms. The Morgan fingerprint density at radius 1 is 1.16 bits per heavy atom.